The summed E-state index contributed by atoms with van der Waals surface area (Å²) >= 11 is 5.45. The second kappa shape index (κ2) is 14.6. The van der Waals surface area contributed by atoms with E-state index in [-0.39, 0.29) is 23.7 Å². The molecule has 0 aliphatic rings. The Morgan fingerprint density at radius 1 is 0.694 bits per heavy atom. The maximum atomic E-state index is 11.2. The predicted octanol–water partition coefficient (Wildman–Crippen LogP) is 5.66. The lowest BCUT2D eigenvalue weighted by Gasteiger charge is -2.30. The fraction of sp³-hybridized carbons (Fsp3) is 0.483. The molecule has 2 aromatic carbocycles. The first-order valence-corrected chi connectivity index (χ1v) is 13.1. The van der Waals surface area contributed by atoms with Crippen LogP contribution in [-0.4, -0.2) is 40.4 Å². The quantitative estimate of drug-likeness (QED) is 0.170. The van der Waals surface area contributed by atoms with Crippen molar-refractivity contribution in [1.29, 1.82) is 0 Å². The van der Waals surface area contributed by atoms with Gasteiger partial charge >= 0.3 is 11.9 Å². The van der Waals surface area contributed by atoms with Crippen LogP contribution in [0.5, 0.6) is 0 Å². The number of carbonyl (C=O) groups is 2. The minimum Gasteiger partial charge on any atom is -0.481 e. The highest BCUT2D eigenvalue weighted by molar-refractivity contribution is 7.80. The zero-order chi connectivity index (χ0) is 26.4. The average molecular weight is 513 g/mol. The van der Waals surface area contributed by atoms with Gasteiger partial charge in [0.25, 0.3) is 0 Å². The van der Waals surface area contributed by atoms with Gasteiger partial charge < -0.3 is 20.8 Å². The van der Waals surface area contributed by atoms with E-state index in [2.05, 4.69) is 48.7 Å². The Labute approximate surface area is 220 Å². The van der Waals surface area contributed by atoms with Crippen molar-refractivity contribution < 1.29 is 19.8 Å². The summed E-state index contributed by atoms with van der Waals surface area (Å²) in [6.07, 6.45) is 4.94. The molecule has 7 heteroatoms. The summed E-state index contributed by atoms with van der Waals surface area (Å²) in [7, 11) is 0. The molecule has 0 spiro atoms. The van der Waals surface area contributed by atoms with Crippen LogP contribution in [-0.2, 0) is 20.4 Å². The molecule has 0 aromatic heterocycles. The summed E-state index contributed by atoms with van der Waals surface area (Å²) < 4.78 is 0. The van der Waals surface area contributed by atoms with Gasteiger partial charge in [-0.2, -0.15) is 0 Å². The molecule has 36 heavy (non-hydrogen) atoms. The zero-order valence-electron chi connectivity index (χ0n) is 21.5. The number of aliphatic carboxylic acids is 2. The largest absolute Gasteiger partial charge is 0.481 e. The van der Waals surface area contributed by atoms with Gasteiger partial charge in [0.05, 0.1) is 0 Å². The lowest BCUT2D eigenvalue weighted by atomic mass is 9.75. The van der Waals surface area contributed by atoms with Crippen LogP contribution >= 0.6 is 12.2 Å². The van der Waals surface area contributed by atoms with Crippen molar-refractivity contribution in [3.05, 3.63) is 71.8 Å². The number of hydrogen-bond acceptors (Lipinski definition) is 3. The Kier molecular flexibility index (Phi) is 11.9. The molecular formula is C29H40N2O4S. The van der Waals surface area contributed by atoms with Crippen molar-refractivity contribution in [1.82, 2.24) is 10.6 Å². The second-order valence-corrected chi connectivity index (χ2v) is 10.4. The second-order valence-electron chi connectivity index (χ2n) is 10.0. The molecule has 196 valence electrons. The van der Waals surface area contributed by atoms with Crippen molar-refractivity contribution in [3.8, 4) is 0 Å². The number of benzene rings is 2. The van der Waals surface area contributed by atoms with Gasteiger partial charge in [-0.1, -0.05) is 74.5 Å². The van der Waals surface area contributed by atoms with Crippen LogP contribution in [0.1, 0.15) is 76.3 Å². The number of carboxylic acid groups (broad SMARTS) is 2. The van der Waals surface area contributed by atoms with E-state index in [1.807, 2.05) is 36.4 Å². The minimum atomic E-state index is -0.771. The van der Waals surface area contributed by atoms with Crippen molar-refractivity contribution in [2.24, 2.45) is 0 Å². The van der Waals surface area contributed by atoms with Crippen LogP contribution in [0.4, 0.5) is 0 Å². The van der Waals surface area contributed by atoms with Gasteiger partial charge in [-0.25, -0.2) is 0 Å². The molecular weight excluding hydrogens is 472 g/mol. The fourth-order valence-electron chi connectivity index (χ4n) is 4.70. The average Bonchev–Trinajstić information content (AvgIpc) is 2.88. The van der Waals surface area contributed by atoms with Crippen molar-refractivity contribution in [3.63, 3.8) is 0 Å². The van der Waals surface area contributed by atoms with Crippen LogP contribution in [0.3, 0.4) is 0 Å². The summed E-state index contributed by atoms with van der Waals surface area (Å²) in [4.78, 5) is 22.3. The Bertz CT molecular complexity index is 892. The molecule has 0 amide bonds. The van der Waals surface area contributed by atoms with E-state index in [0.29, 0.717) is 31.0 Å². The summed E-state index contributed by atoms with van der Waals surface area (Å²) in [5, 5.41) is 25.5. The third-order valence-electron chi connectivity index (χ3n) is 7.10. The van der Waals surface area contributed by atoms with Crippen LogP contribution in [0.25, 0.3) is 0 Å². The highest BCUT2D eigenvalue weighted by atomic mass is 32.1. The molecule has 0 saturated heterocycles. The van der Waals surface area contributed by atoms with Crippen molar-refractivity contribution in [2.75, 3.05) is 13.1 Å². The van der Waals surface area contributed by atoms with Crippen LogP contribution < -0.4 is 10.6 Å². The van der Waals surface area contributed by atoms with Gasteiger partial charge in [0, 0.05) is 25.9 Å². The number of carboxylic acids is 2. The number of nitrogens with one attached hydrogen (secondary N) is 2. The Balaban J connectivity index is 1.77. The Hall–Kier alpha value is -2.93. The predicted molar refractivity (Wildman–Crippen MR) is 148 cm³/mol. The number of thiocarbonyl (C=S) groups is 1. The summed E-state index contributed by atoms with van der Waals surface area (Å²) in [6.45, 7) is 5.69. The van der Waals surface area contributed by atoms with E-state index in [1.165, 1.54) is 0 Å². The molecule has 2 aromatic rings. The fourth-order valence-corrected chi connectivity index (χ4v) is 4.90. The van der Waals surface area contributed by atoms with E-state index in [4.69, 9.17) is 12.2 Å². The van der Waals surface area contributed by atoms with E-state index in [0.717, 1.165) is 36.8 Å². The molecule has 0 fully saturated rings. The molecule has 2 atom stereocenters. The van der Waals surface area contributed by atoms with Gasteiger partial charge in [-0.3, -0.25) is 9.59 Å². The van der Waals surface area contributed by atoms with Gasteiger partial charge in [0.15, 0.2) is 5.11 Å². The number of rotatable bonds is 16. The molecule has 0 radical (unpaired) electrons. The molecule has 2 rings (SSSR count). The highest BCUT2D eigenvalue weighted by Crippen LogP contribution is 2.34. The highest BCUT2D eigenvalue weighted by Gasteiger charge is 2.28. The smallest absolute Gasteiger partial charge is 0.303 e. The van der Waals surface area contributed by atoms with Crippen LogP contribution in [0.2, 0.25) is 0 Å². The molecule has 6 nitrogen and oxygen atoms in total. The van der Waals surface area contributed by atoms with Crippen LogP contribution in [0, 0.1) is 0 Å². The monoisotopic (exact) mass is 512 g/mol. The maximum absolute atomic E-state index is 11.2. The lowest BCUT2D eigenvalue weighted by molar-refractivity contribution is -0.138. The minimum absolute atomic E-state index is 0.146. The van der Waals surface area contributed by atoms with Gasteiger partial charge in [-0.05, 0) is 72.7 Å². The van der Waals surface area contributed by atoms with Crippen molar-refractivity contribution in [2.45, 2.75) is 76.0 Å². The zero-order valence-corrected chi connectivity index (χ0v) is 22.3. The number of hydrogen-bond donors (Lipinski definition) is 4. The van der Waals surface area contributed by atoms with E-state index in [9.17, 15) is 19.8 Å². The molecule has 4 N–H and O–H groups in total. The lowest BCUT2D eigenvalue weighted by Crippen LogP contribution is -2.37. The Morgan fingerprint density at radius 2 is 1.06 bits per heavy atom. The van der Waals surface area contributed by atoms with Crippen LogP contribution in [0.15, 0.2) is 60.7 Å². The first kappa shape index (κ1) is 29.3. The third-order valence-corrected chi connectivity index (χ3v) is 7.39. The topological polar surface area (TPSA) is 98.7 Å². The SMILES string of the molecule is CC(CCCNC(=S)NCCCC(C)(CCC(=O)O)c1ccccc1)(CCC(=O)O)c1ccccc1. The first-order valence-electron chi connectivity index (χ1n) is 12.7. The van der Waals surface area contributed by atoms with E-state index < -0.39 is 11.9 Å². The molecule has 0 saturated carbocycles. The van der Waals surface area contributed by atoms with E-state index >= 15 is 0 Å². The molecule has 0 aliphatic heterocycles. The standard InChI is InChI=1S/C29H40N2O4S/c1-28(19-15-25(32)33,23-11-5-3-6-12-23)17-9-21-30-27(36)31-22-10-18-29(2,20-16-26(34)35)24-13-7-4-8-14-24/h3-8,11-14H,9-10,15-22H2,1-2H3,(H,32,33)(H,34,35)(H2,30,31,36). The summed E-state index contributed by atoms with van der Waals surface area (Å²) in [5.41, 5.74) is 1.93. The normalized spacial score (nSPS) is 14.3. The molecule has 0 bridgehead atoms. The summed E-state index contributed by atoms with van der Waals surface area (Å²) in [5.74, 6) is -1.54. The summed E-state index contributed by atoms with van der Waals surface area (Å²) in [6, 6.07) is 20.2. The maximum Gasteiger partial charge on any atom is 0.303 e. The first-order chi connectivity index (χ1) is 17.1. The molecule has 0 heterocycles. The van der Waals surface area contributed by atoms with Crippen molar-refractivity contribution >= 4 is 29.3 Å². The molecule has 0 aliphatic carbocycles. The van der Waals surface area contributed by atoms with Gasteiger partial charge in [0.2, 0.25) is 0 Å². The Morgan fingerprint density at radius 3 is 1.39 bits per heavy atom. The van der Waals surface area contributed by atoms with E-state index in [1.54, 1.807) is 0 Å². The van der Waals surface area contributed by atoms with Gasteiger partial charge in [-0.15, -0.1) is 0 Å². The van der Waals surface area contributed by atoms with Gasteiger partial charge in [0.1, 0.15) is 0 Å². The molecule has 2 unspecified atom stereocenters. The third kappa shape index (κ3) is 9.97.